The van der Waals surface area contributed by atoms with Crippen LogP contribution in [0.3, 0.4) is 0 Å². The highest BCUT2D eigenvalue weighted by molar-refractivity contribution is 7.81. The van der Waals surface area contributed by atoms with Crippen LogP contribution in [0, 0.1) is 0 Å². The predicted octanol–water partition coefficient (Wildman–Crippen LogP) is 1.69. The molecule has 0 bridgehead atoms. The molecule has 2 N–H and O–H groups in total. The Kier molecular flexibility index (Phi) is 4.01. The number of rotatable bonds is 5. The average molecular weight is 267 g/mol. The number of primary amides is 1. The molecule has 1 unspecified atom stereocenters. The Balaban J connectivity index is 2.18. The molecule has 1 aromatic carbocycles. The lowest BCUT2D eigenvalue weighted by Gasteiger charge is -2.13. The van der Waals surface area contributed by atoms with Gasteiger partial charge in [0.1, 0.15) is 0 Å². The van der Waals surface area contributed by atoms with Crippen LogP contribution < -0.4 is 15.2 Å². The Bertz CT molecular complexity index is 462. The van der Waals surface area contributed by atoms with Gasteiger partial charge < -0.3 is 15.2 Å². The molecule has 0 aromatic heterocycles. The molecular formula is C13H17NO3S. The fourth-order valence-electron chi connectivity index (χ4n) is 2.10. The zero-order chi connectivity index (χ0) is 13.1. The zero-order valence-electron chi connectivity index (χ0n) is 10.3. The van der Waals surface area contributed by atoms with Crippen LogP contribution in [-0.2, 0) is 17.6 Å². The summed E-state index contributed by atoms with van der Waals surface area (Å²) in [7, 11) is 0. The van der Waals surface area contributed by atoms with Crippen LogP contribution in [0.2, 0.25) is 0 Å². The minimum atomic E-state index is -0.325. The summed E-state index contributed by atoms with van der Waals surface area (Å²) in [4.78, 5) is 10.9. The standard InChI is InChI=1S/C13H17NO3S/c1-2-8-4-11-12(17-7-16-11)5-9(8)3-10(18)6-13(14)15/h4-5,10,18H,2-3,6-7H2,1H3,(H2,14,15). The number of carbonyl (C=O) groups is 1. The molecule has 1 aliphatic heterocycles. The van der Waals surface area contributed by atoms with Crippen molar-refractivity contribution >= 4 is 18.5 Å². The molecule has 0 aliphatic carbocycles. The quantitative estimate of drug-likeness (QED) is 0.798. The van der Waals surface area contributed by atoms with E-state index in [0.29, 0.717) is 6.42 Å². The van der Waals surface area contributed by atoms with Crippen molar-refractivity contribution in [3.8, 4) is 11.5 Å². The predicted molar refractivity (Wildman–Crippen MR) is 72.2 cm³/mol. The Morgan fingerprint density at radius 2 is 2.00 bits per heavy atom. The van der Waals surface area contributed by atoms with Crippen molar-refractivity contribution in [1.29, 1.82) is 0 Å². The van der Waals surface area contributed by atoms with Gasteiger partial charge in [-0.2, -0.15) is 12.6 Å². The van der Waals surface area contributed by atoms with Gasteiger partial charge in [-0.05, 0) is 36.1 Å². The van der Waals surface area contributed by atoms with E-state index in [1.54, 1.807) is 0 Å². The molecule has 1 heterocycles. The molecule has 2 rings (SSSR count). The summed E-state index contributed by atoms with van der Waals surface area (Å²) in [5.74, 6) is 1.23. The topological polar surface area (TPSA) is 61.6 Å². The van der Waals surface area contributed by atoms with E-state index < -0.39 is 0 Å². The molecule has 18 heavy (non-hydrogen) atoms. The molecule has 1 atom stereocenters. The molecule has 0 fully saturated rings. The van der Waals surface area contributed by atoms with Gasteiger partial charge >= 0.3 is 0 Å². The smallest absolute Gasteiger partial charge is 0.231 e. The lowest BCUT2D eigenvalue weighted by Crippen LogP contribution is -2.18. The molecule has 5 heteroatoms. The zero-order valence-corrected chi connectivity index (χ0v) is 11.2. The first-order valence-electron chi connectivity index (χ1n) is 5.98. The summed E-state index contributed by atoms with van der Waals surface area (Å²) in [6.45, 7) is 2.36. The van der Waals surface area contributed by atoms with Crippen LogP contribution >= 0.6 is 12.6 Å². The second kappa shape index (κ2) is 5.52. The third-order valence-corrected chi connectivity index (χ3v) is 3.33. The van der Waals surface area contributed by atoms with Gasteiger partial charge in [-0.3, -0.25) is 4.79 Å². The maximum Gasteiger partial charge on any atom is 0.231 e. The number of hydrogen-bond donors (Lipinski definition) is 2. The molecule has 0 saturated heterocycles. The second-order valence-electron chi connectivity index (χ2n) is 4.36. The van der Waals surface area contributed by atoms with Gasteiger partial charge in [0.2, 0.25) is 12.7 Å². The molecule has 1 aromatic rings. The number of hydrogen-bond acceptors (Lipinski definition) is 4. The number of fused-ring (bicyclic) bond motifs is 1. The van der Waals surface area contributed by atoms with Crippen molar-refractivity contribution in [2.24, 2.45) is 5.73 Å². The van der Waals surface area contributed by atoms with E-state index in [4.69, 9.17) is 15.2 Å². The van der Waals surface area contributed by atoms with Crippen LogP contribution in [0.15, 0.2) is 12.1 Å². The first-order valence-corrected chi connectivity index (χ1v) is 6.49. The van der Waals surface area contributed by atoms with Crippen molar-refractivity contribution < 1.29 is 14.3 Å². The molecule has 1 aliphatic rings. The van der Waals surface area contributed by atoms with Gasteiger partial charge in [0.05, 0.1) is 0 Å². The van der Waals surface area contributed by atoms with E-state index in [-0.39, 0.29) is 24.4 Å². The first-order chi connectivity index (χ1) is 8.60. The largest absolute Gasteiger partial charge is 0.454 e. The first kappa shape index (κ1) is 13.1. The van der Waals surface area contributed by atoms with E-state index in [1.807, 2.05) is 12.1 Å². The molecule has 0 spiro atoms. The molecule has 0 saturated carbocycles. The summed E-state index contributed by atoms with van der Waals surface area (Å²) in [6, 6.07) is 3.98. The molecule has 1 amide bonds. The third-order valence-electron chi connectivity index (χ3n) is 2.97. The Morgan fingerprint density at radius 1 is 1.39 bits per heavy atom. The third kappa shape index (κ3) is 2.90. The molecule has 4 nitrogen and oxygen atoms in total. The summed E-state index contributed by atoms with van der Waals surface area (Å²) < 4.78 is 10.7. The van der Waals surface area contributed by atoms with Crippen LogP contribution in [-0.4, -0.2) is 18.0 Å². The van der Waals surface area contributed by atoms with Crippen molar-refractivity contribution in [2.45, 2.75) is 31.4 Å². The van der Waals surface area contributed by atoms with Crippen molar-refractivity contribution in [2.75, 3.05) is 6.79 Å². The highest BCUT2D eigenvalue weighted by Crippen LogP contribution is 2.35. The van der Waals surface area contributed by atoms with Gasteiger partial charge in [0.25, 0.3) is 0 Å². The number of nitrogens with two attached hydrogens (primary N) is 1. The van der Waals surface area contributed by atoms with E-state index in [0.717, 1.165) is 23.5 Å². The highest BCUT2D eigenvalue weighted by atomic mass is 32.1. The van der Waals surface area contributed by atoms with Crippen LogP contribution in [0.4, 0.5) is 0 Å². The number of thiol groups is 1. The monoisotopic (exact) mass is 267 g/mol. The Hall–Kier alpha value is -1.36. The number of amides is 1. The lowest BCUT2D eigenvalue weighted by atomic mass is 9.99. The Morgan fingerprint density at radius 3 is 2.56 bits per heavy atom. The molecule has 0 radical (unpaired) electrons. The minimum absolute atomic E-state index is 0.0619. The van der Waals surface area contributed by atoms with E-state index in [1.165, 1.54) is 5.56 Å². The fraction of sp³-hybridized carbons (Fsp3) is 0.462. The van der Waals surface area contributed by atoms with E-state index >= 15 is 0 Å². The van der Waals surface area contributed by atoms with Gasteiger partial charge in [0.15, 0.2) is 11.5 Å². The number of carbonyl (C=O) groups excluding carboxylic acids is 1. The van der Waals surface area contributed by atoms with Crippen molar-refractivity contribution in [1.82, 2.24) is 0 Å². The molecular weight excluding hydrogens is 250 g/mol. The van der Waals surface area contributed by atoms with E-state index in [9.17, 15) is 4.79 Å². The maximum absolute atomic E-state index is 10.9. The normalized spacial score (nSPS) is 14.6. The lowest BCUT2D eigenvalue weighted by molar-refractivity contribution is -0.117. The van der Waals surface area contributed by atoms with E-state index in [2.05, 4.69) is 19.6 Å². The van der Waals surface area contributed by atoms with Crippen LogP contribution in [0.5, 0.6) is 11.5 Å². The average Bonchev–Trinajstić information content (AvgIpc) is 2.73. The van der Waals surface area contributed by atoms with Gasteiger partial charge in [-0.1, -0.05) is 6.92 Å². The summed E-state index contributed by atoms with van der Waals surface area (Å²) >= 11 is 4.40. The summed E-state index contributed by atoms with van der Waals surface area (Å²) in [5, 5.41) is -0.0619. The number of aryl methyl sites for hydroxylation is 1. The summed E-state index contributed by atoms with van der Waals surface area (Å²) in [5.41, 5.74) is 7.51. The van der Waals surface area contributed by atoms with Crippen molar-refractivity contribution in [3.63, 3.8) is 0 Å². The minimum Gasteiger partial charge on any atom is -0.454 e. The summed E-state index contributed by atoms with van der Waals surface area (Å²) in [6.07, 6.45) is 1.88. The second-order valence-corrected chi connectivity index (χ2v) is 5.09. The molecule has 98 valence electrons. The van der Waals surface area contributed by atoms with Gasteiger partial charge in [0, 0.05) is 11.7 Å². The van der Waals surface area contributed by atoms with Crippen LogP contribution in [0.25, 0.3) is 0 Å². The van der Waals surface area contributed by atoms with Gasteiger partial charge in [-0.15, -0.1) is 0 Å². The van der Waals surface area contributed by atoms with Crippen LogP contribution in [0.1, 0.15) is 24.5 Å². The van der Waals surface area contributed by atoms with Crippen molar-refractivity contribution in [3.05, 3.63) is 23.3 Å². The number of benzene rings is 1. The van der Waals surface area contributed by atoms with Gasteiger partial charge in [-0.25, -0.2) is 0 Å². The number of ether oxygens (including phenoxy) is 2. The fourth-order valence-corrected chi connectivity index (χ4v) is 2.48. The highest BCUT2D eigenvalue weighted by Gasteiger charge is 2.18. The Labute approximate surface area is 112 Å². The maximum atomic E-state index is 10.9. The SMILES string of the molecule is CCc1cc2c(cc1CC(S)CC(N)=O)OCO2.